The average molecular weight is 352 g/mol. The lowest BCUT2D eigenvalue weighted by Gasteiger charge is -2.22. The first-order valence-electron chi connectivity index (χ1n) is 8.20. The van der Waals surface area contributed by atoms with E-state index in [-0.39, 0.29) is 29.1 Å². The minimum Gasteiger partial charge on any atom is -0.512 e. The molecule has 0 amide bonds. The van der Waals surface area contributed by atoms with Crippen molar-refractivity contribution in [2.24, 2.45) is 0 Å². The highest BCUT2D eigenvalue weighted by atomic mass is 19.1. The van der Waals surface area contributed by atoms with Crippen molar-refractivity contribution in [3.05, 3.63) is 70.7 Å². The Morgan fingerprint density at radius 3 is 2.73 bits per heavy atom. The molecule has 0 bridgehead atoms. The second kappa shape index (κ2) is 7.28. The maximum atomic E-state index is 14.3. The van der Waals surface area contributed by atoms with Crippen LogP contribution in [0.15, 0.2) is 48.2 Å². The van der Waals surface area contributed by atoms with Gasteiger partial charge in [-0.05, 0) is 48.4 Å². The number of aliphatic hydroxyl groups excluding tert-OH is 1. The topological polar surface area (TPSA) is 82.4 Å². The number of ether oxygens (including phenoxy) is 1. The number of hydrogen-bond acceptors (Lipinski definition) is 5. The van der Waals surface area contributed by atoms with Gasteiger partial charge < -0.3 is 15.2 Å². The van der Waals surface area contributed by atoms with E-state index >= 15 is 0 Å². The van der Waals surface area contributed by atoms with Crippen LogP contribution in [-0.2, 0) is 11.2 Å². The third kappa shape index (κ3) is 3.67. The van der Waals surface area contributed by atoms with Gasteiger partial charge in [-0.25, -0.2) is 9.18 Å². The highest BCUT2D eigenvalue weighted by Crippen LogP contribution is 2.28. The van der Waals surface area contributed by atoms with Crippen LogP contribution in [0.4, 0.5) is 15.8 Å². The van der Waals surface area contributed by atoms with E-state index in [1.54, 1.807) is 12.1 Å². The van der Waals surface area contributed by atoms with Gasteiger partial charge in [-0.15, -0.1) is 0 Å². The number of rotatable bonds is 5. The van der Waals surface area contributed by atoms with Crippen molar-refractivity contribution < 1.29 is 19.0 Å². The standard InChI is InChI=1S/C20H17FN2O3/c1-2-12-4-6-18(17(21)7-12)23-19-8-13(11-22)3-5-16(19)20(25)26-15-9-14(24)10-15/h3-9,15,23-24H,2,10H2,1H3. The van der Waals surface area contributed by atoms with Crippen molar-refractivity contribution in [3.8, 4) is 6.07 Å². The minimum absolute atomic E-state index is 0.180. The highest BCUT2D eigenvalue weighted by molar-refractivity contribution is 5.97. The molecular weight excluding hydrogens is 335 g/mol. The monoisotopic (exact) mass is 352 g/mol. The van der Waals surface area contributed by atoms with E-state index < -0.39 is 17.9 Å². The summed E-state index contributed by atoms with van der Waals surface area (Å²) in [6.07, 6.45) is 1.95. The number of benzene rings is 2. The van der Waals surface area contributed by atoms with Crippen LogP contribution in [0.2, 0.25) is 0 Å². The predicted octanol–water partition coefficient (Wildman–Crippen LogP) is 4.37. The first-order valence-corrected chi connectivity index (χ1v) is 8.20. The molecule has 1 atom stereocenters. The summed E-state index contributed by atoms with van der Waals surface area (Å²) >= 11 is 0. The van der Waals surface area contributed by atoms with Crippen molar-refractivity contribution in [1.29, 1.82) is 5.26 Å². The zero-order valence-corrected chi connectivity index (χ0v) is 14.1. The van der Waals surface area contributed by atoms with Crippen molar-refractivity contribution in [3.63, 3.8) is 0 Å². The molecule has 0 aliphatic heterocycles. The average Bonchev–Trinajstić information content (AvgIpc) is 2.61. The van der Waals surface area contributed by atoms with Gasteiger partial charge in [0.1, 0.15) is 11.9 Å². The van der Waals surface area contributed by atoms with E-state index in [0.29, 0.717) is 12.0 Å². The van der Waals surface area contributed by atoms with E-state index in [9.17, 15) is 14.3 Å². The number of nitrogens with one attached hydrogen (secondary N) is 1. The van der Waals surface area contributed by atoms with Gasteiger partial charge in [0.05, 0.1) is 34.3 Å². The molecule has 0 heterocycles. The lowest BCUT2D eigenvalue weighted by Crippen LogP contribution is -2.24. The van der Waals surface area contributed by atoms with Crippen LogP contribution in [-0.4, -0.2) is 17.2 Å². The summed E-state index contributed by atoms with van der Waals surface area (Å²) in [4.78, 5) is 12.4. The molecule has 0 radical (unpaired) electrons. The van der Waals surface area contributed by atoms with Crippen LogP contribution in [0.1, 0.15) is 34.8 Å². The van der Waals surface area contributed by atoms with Crippen molar-refractivity contribution >= 4 is 17.3 Å². The molecular formula is C20H17FN2O3. The Morgan fingerprint density at radius 1 is 1.35 bits per heavy atom. The van der Waals surface area contributed by atoms with Crippen molar-refractivity contribution in [2.75, 3.05) is 5.32 Å². The Balaban J connectivity index is 1.89. The van der Waals surface area contributed by atoms with Crippen LogP contribution in [0.3, 0.4) is 0 Å². The predicted molar refractivity (Wildman–Crippen MR) is 94.8 cm³/mol. The molecule has 5 nitrogen and oxygen atoms in total. The molecule has 0 fully saturated rings. The van der Waals surface area contributed by atoms with E-state index in [2.05, 4.69) is 5.32 Å². The Morgan fingerprint density at radius 2 is 2.12 bits per heavy atom. The molecule has 0 spiro atoms. The molecule has 1 aliphatic rings. The highest BCUT2D eigenvalue weighted by Gasteiger charge is 2.24. The number of carbonyl (C=O) groups excluding carboxylic acids is 1. The molecule has 132 valence electrons. The number of carbonyl (C=O) groups is 1. The van der Waals surface area contributed by atoms with Crippen LogP contribution < -0.4 is 5.32 Å². The number of anilines is 2. The van der Waals surface area contributed by atoms with Crippen molar-refractivity contribution in [1.82, 2.24) is 0 Å². The molecule has 26 heavy (non-hydrogen) atoms. The van der Waals surface area contributed by atoms with Gasteiger partial charge in [0.25, 0.3) is 0 Å². The Hall–Kier alpha value is -3.33. The third-order valence-electron chi connectivity index (χ3n) is 4.13. The smallest absolute Gasteiger partial charge is 0.340 e. The van der Waals surface area contributed by atoms with Crippen molar-refractivity contribution in [2.45, 2.75) is 25.9 Å². The summed E-state index contributed by atoms with van der Waals surface area (Å²) in [5.41, 5.74) is 1.85. The summed E-state index contributed by atoms with van der Waals surface area (Å²) < 4.78 is 19.5. The Bertz CT molecular complexity index is 931. The number of nitriles is 1. The molecule has 1 unspecified atom stereocenters. The number of aliphatic hydroxyl groups is 1. The molecule has 3 rings (SSSR count). The largest absolute Gasteiger partial charge is 0.512 e. The normalized spacial score (nSPS) is 15.4. The first kappa shape index (κ1) is 17.5. The van der Waals surface area contributed by atoms with Gasteiger partial charge in [0.15, 0.2) is 0 Å². The summed E-state index contributed by atoms with van der Waals surface area (Å²) in [6.45, 7) is 1.93. The molecule has 1 aliphatic carbocycles. The van der Waals surface area contributed by atoms with E-state index in [1.165, 1.54) is 30.3 Å². The first-order chi connectivity index (χ1) is 12.5. The number of nitrogens with zero attached hydrogens (tertiary/aromatic N) is 1. The zero-order valence-electron chi connectivity index (χ0n) is 14.1. The lowest BCUT2D eigenvalue weighted by molar-refractivity contribution is 0.0323. The van der Waals surface area contributed by atoms with Crippen LogP contribution in [0.5, 0.6) is 0 Å². The lowest BCUT2D eigenvalue weighted by atomic mass is 10.0. The second-order valence-electron chi connectivity index (χ2n) is 5.97. The van der Waals surface area contributed by atoms with Crippen LogP contribution in [0.25, 0.3) is 0 Å². The second-order valence-corrected chi connectivity index (χ2v) is 5.97. The number of hydrogen-bond donors (Lipinski definition) is 2. The van der Waals surface area contributed by atoms with Crippen LogP contribution >= 0.6 is 0 Å². The molecule has 0 saturated carbocycles. The minimum atomic E-state index is -0.615. The Labute approximate surface area is 150 Å². The molecule has 2 aromatic carbocycles. The summed E-state index contributed by atoms with van der Waals surface area (Å²) in [7, 11) is 0. The summed E-state index contributed by atoms with van der Waals surface area (Å²) in [6, 6.07) is 11.2. The molecule has 0 saturated heterocycles. The molecule has 6 heteroatoms. The molecule has 2 aromatic rings. The zero-order chi connectivity index (χ0) is 18.7. The van der Waals surface area contributed by atoms with E-state index in [4.69, 9.17) is 10.00 Å². The fraction of sp³-hybridized carbons (Fsp3) is 0.200. The third-order valence-corrected chi connectivity index (χ3v) is 4.13. The van der Waals surface area contributed by atoms with E-state index in [0.717, 1.165) is 5.56 Å². The fourth-order valence-electron chi connectivity index (χ4n) is 2.58. The SMILES string of the molecule is CCc1ccc(Nc2cc(C#N)ccc2C(=O)OC2C=C(O)C2)c(F)c1. The summed E-state index contributed by atoms with van der Waals surface area (Å²) in [5, 5.41) is 21.1. The van der Waals surface area contributed by atoms with E-state index in [1.807, 2.05) is 13.0 Å². The quantitative estimate of drug-likeness (QED) is 0.781. The van der Waals surface area contributed by atoms with Gasteiger partial charge in [-0.2, -0.15) is 5.26 Å². The van der Waals surface area contributed by atoms with Gasteiger partial charge >= 0.3 is 5.97 Å². The van der Waals surface area contributed by atoms with Gasteiger partial charge in [0.2, 0.25) is 0 Å². The van der Waals surface area contributed by atoms with Crippen LogP contribution in [0, 0.1) is 17.1 Å². The maximum Gasteiger partial charge on any atom is 0.340 e. The fourth-order valence-corrected chi connectivity index (χ4v) is 2.58. The van der Waals surface area contributed by atoms with Gasteiger partial charge in [-0.1, -0.05) is 13.0 Å². The number of esters is 1. The van der Waals surface area contributed by atoms with Gasteiger partial charge in [-0.3, -0.25) is 0 Å². The molecule has 0 aromatic heterocycles. The maximum absolute atomic E-state index is 14.3. The van der Waals surface area contributed by atoms with Gasteiger partial charge in [0, 0.05) is 6.42 Å². The number of halogens is 1. The number of aryl methyl sites for hydroxylation is 1. The Kier molecular flexibility index (Phi) is 4.90. The molecule has 2 N–H and O–H groups in total. The summed E-state index contributed by atoms with van der Waals surface area (Å²) in [5.74, 6) is -0.881.